The van der Waals surface area contributed by atoms with E-state index in [9.17, 15) is 0 Å². The third-order valence-corrected chi connectivity index (χ3v) is 5.71. The quantitative estimate of drug-likeness (QED) is 0.712. The van der Waals surface area contributed by atoms with Gasteiger partial charge in [0.15, 0.2) is 0 Å². The zero-order valence-electron chi connectivity index (χ0n) is 15.4. The first-order chi connectivity index (χ1) is 12.7. The summed E-state index contributed by atoms with van der Waals surface area (Å²) in [6, 6.07) is 6.73. The lowest BCUT2D eigenvalue weighted by Crippen LogP contribution is -2.47. The minimum atomic E-state index is 0.734. The molecule has 6 nitrogen and oxygen atoms in total. The topological polar surface area (TPSA) is 49.6 Å². The van der Waals surface area contributed by atoms with Crippen molar-refractivity contribution in [3.63, 3.8) is 0 Å². The molecule has 0 spiro atoms. The van der Waals surface area contributed by atoms with Gasteiger partial charge in [0.05, 0.1) is 5.69 Å². The lowest BCUT2D eigenvalue weighted by Gasteiger charge is -2.38. The number of hydrogen-bond acceptors (Lipinski definition) is 5. The van der Waals surface area contributed by atoms with Crippen LogP contribution in [0, 0.1) is 13.8 Å². The fourth-order valence-electron chi connectivity index (χ4n) is 4.35. The summed E-state index contributed by atoms with van der Waals surface area (Å²) in [6.07, 6.45) is 4.97. The molecule has 0 N–H and O–H groups in total. The van der Waals surface area contributed by atoms with E-state index in [4.69, 9.17) is 4.98 Å². The Labute approximate surface area is 153 Å². The molecular formula is C20H24N6. The monoisotopic (exact) mass is 348 g/mol. The Hall–Kier alpha value is -2.63. The number of nitrogens with zero attached hydrogens (tertiary/aromatic N) is 6. The molecule has 26 heavy (non-hydrogen) atoms. The average Bonchev–Trinajstić information content (AvgIpc) is 3.30. The molecule has 3 heterocycles. The lowest BCUT2D eigenvalue weighted by atomic mass is 10.1. The second-order valence-corrected chi connectivity index (χ2v) is 7.45. The van der Waals surface area contributed by atoms with Crippen LogP contribution in [0.2, 0.25) is 0 Å². The summed E-state index contributed by atoms with van der Waals surface area (Å²) < 4.78 is 1.94. The second kappa shape index (κ2) is 5.97. The maximum absolute atomic E-state index is 4.71. The molecule has 0 radical (unpaired) electrons. The predicted molar refractivity (Wildman–Crippen MR) is 103 cm³/mol. The number of piperazine rings is 1. The SMILES string of the molecule is Cc1ccc(C)c(N2CCN(c3c4c(nc5ncnn35)CCC4)CC2)c1. The third kappa shape index (κ3) is 2.43. The van der Waals surface area contributed by atoms with Crippen molar-refractivity contribution >= 4 is 17.3 Å². The molecule has 0 atom stereocenters. The highest BCUT2D eigenvalue weighted by molar-refractivity contribution is 5.59. The highest BCUT2D eigenvalue weighted by Crippen LogP contribution is 2.32. The number of aromatic nitrogens is 4. The summed E-state index contributed by atoms with van der Waals surface area (Å²) in [5, 5.41) is 4.46. The number of aryl methyl sites for hydroxylation is 3. The molecule has 0 amide bonds. The summed E-state index contributed by atoms with van der Waals surface area (Å²) in [5.74, 6) is 1.96. The summed E-state index contributed by atoms with van der Waals surface area (Å²) in [7, 11) is 0. The van der Waals surface area contributed by atoms with Gasteiger partial charge in [-0.1, -0.05) is 12.1 Å². The standard InChI is InChI=1S/C20H24N6/c1-14-6-7-15(2)18(12-14)24-8-10-25(11-9-24)19-16-4-3-5-17(16)23-20-21-13-22-26(19)20/h6-7,12-13H,3-5,8-11H2,1-2H3. The van der Waals surface area contributed by atoms with E-state index in [0.29, 0.717) is 0 Å². The van der Waals surface area contributed by atoms with Crippen LogP contribution in [-0.4, -0.2) is 45.8 Å². The van der Waals surface area contributed by atoms with E-state index in [1.807, 2.05) is 4.52 Å². The van der Waals surface area contributed by atoms with Crippen molar-refractivity contribution in [1.29, 1.82) is 0 Å². The van der Waals surface area contributed by atoms with Crippen LogP contribution in [0.4, 0.5) is 11.5 Å². The van der Waals surface area contributed by atoms with Gasteiger partial charge in [-0.3, -0.25) is 0 Å². The van der Waals surface area contributed by atoms with Gasteiger partial charge in [-0.25, -0.2) is 4.98 Å². The Morgan fingerprint density at radius 3 is 2.62 bits per heavy atom. The Morgan fingerprint density at radius 1 is 0.962 bits per heavy atom. The van der Waals surface area contributed by atoms with Crippen molar-refractivity contribution in [3.8, 4) is 0 Å². The molecule has 3 aromatic rings. The fraction of sp³-hybridized carbons (Fsp3) is 0.450. The van der Waals surface area contributed by atoms with E-state index < -0.39 is 0 Å². The summed E-state index contributed by atoms with van der Waals surface area (Å²) in [4.78, 5) is 14.0. The molecular weight excluding hydrogens is 324 g/mol. The Morgan fingerprint density at radius 2 is 1.77 bits per heavy atom. The van der Waals surface area contributed by atoms with Gasteiger partial charge in [0.25, 0.3) is 5.78 Å². The van der Waals surface area contributed by atoms with E-state index in [0.717, 1.165) is 44.8 Å². The van der Waals surface area contributed by atoms with Crippen LogP contribution in [0.25, 0.3) is 5.78 Å². The van der Waals surface area contributed by atoms with Gasteiger partial charge in [-0.15, -0.1) is 0 Å². The lowest BCUT2D eigenvalue weighted by molar-refractivity contribution is 0.634. The summed E-state index contributed by atoms with van der Waals surface area (Å²) in [5.41, 5.74) is 6.65. The second-order valence-electron chi connectivity index (χ2n) is 7.45. The minimum Gasteiger partial charge on any atom is -0.368 e. The van der Waals surface area contributed by atoms with Crippen LogP contribution in [-0.2, 0) is 12.8 Å². The number of rotatable bonds is 2. The molecule has 1 aliphatic carbocycles. The van der Waals surface area contributed by atoms with Crippen molar-refractivity contribution < 1.29 is 0 Å². The van der Waals surface area contributed by atoms with Crippen LogP contribution in [0.1, 0.15) is 28.8 Å². The summed E-state index contributed by atoms with van der Waals surface area (Å²) in [6.45, 7) is 8.42. The molecule has 2 aliphatic rings. The van der Waals surface area contributed by atoms with Gasteiger partial charge in [-0.05, 0) is 50.3 Å². The van der Waals surface area contributed by atoms with Gasteiger partial charge in [0, 0.05) is 37.4 Å². The molecule has 0 unspecified atom stereocenters. The van der Waals surface area contributed by atoms with Gasteiger partial charge in [0.2, 0.25) is 0 Å². The van der Waals surface area contributed by atoms with E-state index >= 15 is 0 Å². The molecule has 0 bridgehead atoms. The molecule has 134 valence electrons. The molecule has 1 saturated heterocycles. The maximum Gasteiger partial charge on any atom is 0.254 e. The van der Waals surface area contributed by atoms with Gasteiger partial charge in [0.1, 0.15) is 12.1 Å². The van der Waals surface area contributed by atoms with E-state index in [2.05, 4.69) is 51.9 Å². The largest absolute Gasteiger partial charge is 0.368 e. The smallest absolute Gasteiger partial charge is 0.254 e. The number of fused-ring (bicyclic) bond motifs is 2. The van der Waals surface area contributed by atoms with E-state index in [-0.39, 0.29) is 0 Å². The Balaban J connectivity index is 1.45. The van der Waals surface area contributed by atoms with Crippen molar-refractivity contribution in [2.45, 2.75) is 33.1 Å². The highest BCUT2D eigenvalue weighted by atomic mass is 15.4. The van der Waals surface area contributed by atoms with Gasteiger partial charge >= 0.3 is 0 Å². The first-order valence-corrected chi connectivity index (χ1v) is 9.49. The molecule has 5 rings (SSSR count). The predicted octanol–water partition coefficient (Wildman–Crippen LogP) is 2.56. The zero-order chi connectivity index (χ0) is 17.7. The molecule has 1 aromatic carbocycles. The molecule has 2 aromatic heterocycles. The molecule has 0 saturated carbocycles. The van der Waals surface area contributed by atoms with Crippen LogP contribution in [0.3, 0.4) is 0 Å². The fourth-order valence-corrected chi connectivity index (χ4v) is 4.35. The number of hydrogen-bond donors (Lipinski definition) is 0. The van der Waals surface area contributed by atoms with Crippen LogP contribution >= 0.6 is 0 Å². The van der Waals surface area contributed by atoms with Crippen LogP contribution in [0.5, 0.6) is 0 Å². The first-order valence-electron chi connectivity index (χ1n) is 9.49. The van der Waals surface area contributed by atoms with Crippen LogP contribution in [0.15, 0.2) is 24.5 Å². The molecule has 1 aliphatic heterocycles. The van der Waals surface area contributed by atoms with Gasteiger partial charge < -0.3 is 9.80 Å². The van der Waals surface area contributed by atoms with Crippen molar-refractivity contribution in [2.24, 2.45) is 0 Å². The normalized spacial score (nSPS) is 17.2. The first kappa shape index (κ1) is 15.6. The maximum atomic E-state index is 4.71. The van der Waals surface area contributed by atoms with Crippen molar-refractivity contribution in [2.75, 3.05) is 36.0 Å². The van der Waals surface area contributed by atoms with E-state index in [1.54, 1.807) is 6.33 Å². The van der Waals surface area contributed by atoms with Gasteiger partial charge in [-0.2, -0.15) is 14.6 Å². The highest BCUT2D eigenvalue weighted by Gasteiger charge is 2.27. The Bertz CT molecular complexity index is 968. The Kier molecular flexibility index (Phi) is 3.58. The molecule has 6 heteroatoms. The molecule has 1 fully saturated rings. The number of anilines is 2. The third-order valence-electron chi connectivity index (χ3n) is 5.71. The average molecular weight is 348 g/mol. The summed E-state index contributed by atoms with van der Waals surface area (Å²) >= 11 is 0. The minimum absolute atomic E-state index is 0.734. The van der Waals surface area contributed by atoms with Crippen molar-refractivity contribution in [3.05, 3.63) is 46.9 Å². The van der Waals surface area contributed by atoms with Crippen molar-refractivity contribution in [1.82, 2.24) is 19.6 Å². The number of benzene rings is 1. The zero-order valence-corrected chi connectivity index (χ0v) is 15.4. The van der Waals surface area contributed by atoms with Crippen LogP contribution < -0.4 is 9.80 Å². The van der Waals surface area contributed by atoms with E-state index in [1.165, 1.54) is 40.3 Å².